The second-order valence-electron chi connectivity index (χ2n) is 6.48. The highest BCUT2D eigenvalue weighted by atomic mass is 32.1. The first-order chi connectivity index (χ1) is 13.5. The molecule has 0 saturated heterocycles. The zero-order chi connectivity index (χ0) is 20.3. The Bertz CT molecular complexity index is 995. The Balaban J connectivity index is 1.98. The molecule has 0 aliphatic rings. The van der Waals surface area contributed by atoms with E-state index in [0.29, 0.717) is 17.3 Å². The molecule has 28 heavy (non-hydrogen) atoms. The van der Waals surface area contributed by atoms with Crippen LogP contribution in [-0.2, 0) is 4.74 Å². The van der Waals surface area contributed by atoms with Crippen molar-refractivity contribution in [2.75, 3.05) is 29.9 Å². The molecule has 0 aliphatic carbocycles. The molecule has 0 atom stereocenters. The van der Waals surface area contributed by atoms with Crippen molar-refractivity contribution < 1.29 is 9.53 Å². The van der Waals surface area contributed by atoms with Gasteiger partial charge in [0.1, 0.15) is 21.9 Å². The van der Waals surface area contributed by atoms with Crippen LogP contribution in [0.15, 0.2) is 24.5 Å². The molecule has 0 aliphatic heterocycles. The van der Waals surface area contributed by atoms with Crippen LogP contribution in [0.5, 0.6) is 0 Å². The molecule has 1 aromatic carbocycles. The minimum Gasteiger partial charge on any atom is -0.462 e. The molecule has 0 fully saturated rings. The monoisotopic (exact) mass is 398 g/mol. The highest BCUT2D eigenvalue weighted by molar-refractivity contribution is 7.20. The van der Waals surface area contributed by atoms with Crippen LogP contribution in [0, 0.1) is 13.8 Å². The molecule has 1 N–H and O–H groups in total. The Kier molecular flexibility index (Phi) is 6.14. The number of fused-ring (bicyclic) bond motifs is 1. The van der Waals surface area contributed by atoms with Gasteiger partial charge >= 0.3 is 5.97 Å². The van der Waals surface area contributed by atoms with Gasteiger partial charge in [-0.1, -0.05) is 0 Å². The summed E-state index contributed by atoms with van der Waals surface area (Å²) in [5.74, 6) is 0.390. The number of benzene rings is 1. The van der Waals surface area contributed by atoms with Gasteiger partial charge in [-0.15, -0.1) is 11.3 Å². The topological polar surface area (TPSA) is 67.3 Å². The second kappa shape index (κ2) is 8.56. The third-order valence-corrected chi connectivity index (χ3v) is 5.96. The van der Waals surface area contributed by atoms with Crippen molar-refractivity contribution in [3.8, 4) is 0 Å². The normalized spacial score (nSPS) is 10.9. The number of carbonyl (C=O) groups is 1. The van der Waals surface area contributed by atoms with Crippen molar-refractivity contribution in [2.45, 2.75) is 34.6 Å². The predicted molar refractivity (Wildman–Crippen MR) is 116 cm³/mol. The maximum absolute atomic E-state index is 12.2. The summed E-state index contributed by atoms with van der Waals surface area (Å²) in [5.41, 5.74) is 4.17. The summed E-state index contributed by atoms with van der Waals surface area (Å²) in [6.07, 6.45) is 1.52. The minimum atomic E-state index is -0.311. The lowest BCUT2D eigenvalue weighted by atomic mass is 10.1. The average Bonchev–Trinajstić information content (AvgIpc) is 3.03. The molecule has 0 amide bonds. The maximum atomic E-state index is 12.2. The fraction of sp³-hybridized carbons (Fsp3) is 0.381. The number of aromatic nitrogens is 2. The van der Waals surface area contributed by atoms with Crippen LogP contribution in [0.1, 0.15) is 41.6 Å². The maximum Gasteiger partial charge on any atom is 0.348 e. The molecule has 2 aromatic heterocycles. The first-order valence-corrected chi connectivity index (χ1v) is 10.4. The summed E-state index contributed by atoms with van der Waals surface area (Å²) in [6, 6.07) is 6.37. The highest BCUT2D eigenvalue weighted by Gasteiger charge is 2.20. The molecule has 6 nitrogen and oxygen atoms in total. The molecule has 7 heteroatoms. The molecule has 3 rings (SSSR count). The third-order valence-electron chi connectivity index (χ3n) is 4.78. The molecular formula is C21H26N4O2S. The summed E-state index contributed by atoms with van der Waals surface area (Å²) in [7, 11) is 0. The van der Waals surface area contributed by atoms with Crippen LogP contribution in [0.4, 0.5) is 17.2 Å². The van der Waals surface area contributed by atoms with Gasteiger partial charge in [0.2, 0.25) is 0 Å². The summed E-state index contributed by atoms with van der Waals surface area (Å²) in [6.45, 7) is 12.4. The van der Waals surface area contributed by atoms with E-state index in [1.54, 1.807) is 6.92 Å². The van der Waals surface area contributed by atoms with E-state index in [0.717, 1.165) is 40.1 Å². The number of nitrogens with zero attached hydrogens (tertiary/aromatic N) is 3. The fourth-order valence-corrected chi connectivity index (χ4v) is 4.30. The zero-order valence-electron chi connectivity index (χ0n) is 17.0. The smallest absolute Gasteiger partial charge is 0.348 e. The quantitative estimate of drug-likeness (QED) is 0.560. The number of hydrogen-bond donors (Lipinski definition) is 1. The number of rotatable bonds is 7. The first-order valence-electron chi connectivity index (χ1n) is 9.53. The SMILES string of the molecule is CCOC(=O)c1sc2ncnc(Nc3ccc(N(CC)CC)cc3C)c2c1C. The summed E-state index contributed by atoms with van der Waals surface area (Å²) >= 11 is 1.34. The van der Waals surface area contributed by atoms with Crippen LogP contribution in [0.3, 0.4) is 0 Å². The number of ether oxygens (including phenoxy) is 1. The van der Waals surface area contributed by atoms with Crippen LogP contribution in [0.2, 0.25) is 0 Å². The Morgan fingerprint density at radius 1 is 1.18 bits per heavy atom. The number of hydrogen-bond acceptors (Lipinski definition) is 7. The molecule has 148 valence electrons. The zero-order valence-corrected chi connectivity index (χ0v) is 17.8. The van der Waals surface area contributed by atoms with E-state index in [1.165, 1.54) is 23.4 Å². The van der Waals surface area contributed by atoms with Gasteiger partial charge in [0.05, 0.1) is 12.0 Å². The lowest BCUT2D eigenvalue weighted by Crippen LogP contribution is -2.21. The number of thiophene rings is 1. The van der Waals surface area contributed by atoms with Crippen LogP contribution in [-0.4, -0.2) is 35.6 Å². The van der Waals surface area contributed by atoms with Gasteiger partial charge < -0.3 is 15.0 Å². The van der Waals surface area contributed by atoms with E-state index in [4.69, 9.17) is 4.74 Å². The van der Waals surface area contributed by atoms with Gasteiger partial charge in [-0.3, -0.25) is 0 Å². The lowest BCUT2D eigenvalue weighted by molar-refractivity contribution is 0.0531. The Morgan fingerprint density at radius 3 is 2.57 bits per heavy atom. The molecule has 0 bridgehead atoms. The van der Waals surface area contributed by atoms with Crippen LogP contribution >= 0.6 is 11.3 Å². The van der Waals surface area contributed by atoms with Crippen molar-refractivity contribution >= 4 is 44.7 Å². The van der Waals surface area contributed by atoms with E-state index in [2.05, 4.69) is 59.2 Å². The van der Waals surface area contributed by atoms with Crippen molar-refractivity contribution in [3.05, 3.63) is 40.5 Å². The minimum absolute atomic E-state index is 0.311. The van der Waals surface area contributed by atoms with Gasteiger partial charge in [0.25, 0.3) is 0 Å². The van der Waals surface area contributed by atoms with Crippen LogP contribution < -0.4 is 10.2 Å². The fourth-order valence-electron chi connectivity index (χ4n) is 3.26. The van der Waals surface area contributed by atoms with Crippen molar-refractivity contribution in [1.29, 1.82) is 0 Å². The van der Waals surface area contributed by atoms with E-state index < -0.39 is 0 Å². The van der Waals surface area contributed by atoms with Crippen molar-refractivity contribution in [2.24, 2.45) is 0 Å². The van der Waals surface area contributed by atoms with E-state index in [9.17, 15) is 4.79 Å². The number of esters is 1. The summed E-state index contributed by atoms with van der Waals surface area (Å²) < 4.78 is 5.17. The molecule has 3 aromatic rings. The number of aryl methyl sites for hydroxylation is 2. The largest absolute Gasteiger partial charge is 0.462 e. The first kappa shape index (κ1) is 20.1. The van der Waals surface area contributed by atoms with E-state index in [1.807, 2.05) is 6.92 Å². The molecular weight excluding hydrogens is 372 g/mol. The van der Waals surface area contributed by atoms with Gasteiger partial charge in [0, 0.05) is 24.5 Å². The number of anilines is 3. The van der Waals surface area contributed by atoms with Gasteiger partial charge in [-0.05, 0) is 63.9 Å². The molecule has 0 saturated carbocycles. The molecule has 2 heterocycles. The molecule has 0 unspecified atom stereocenters. The molecule has 0 spiro atoms. The second-order valence-corrected chi connectivity index (χ2v) is 7.47. The van der Waals surface area contributed by atoms with Crippen LogP contribution in [0.25, 0.3) is 10.2 Å². The predicted octanol–water partition coefficient (Wildman–Crippen LogP) is 5.07. The lowest BCUT2D eigenvalue weighted by Gasteiger charge is -2.22. The highest BCUT2D eigenvalue weighted by Crippen LogP contribution is 2.35. The summed E-state index contributed by atoms with van der Waals surface area (Å²) in [4.78, 5) is 24.7. The van der Waals surface area contributed by atoms with Gasteiger partial charge in [-0.25, -0.2) is 14.8 Å². The van der Waals surface area contributed by atoms with E-state index >= 15 is 0 Å². The van der Waals surface area contributed by atoms with E-state index in [-0.39, 0.29) is 5.97 Å². The molecule has 0 radical (unpaired) electrons. The Morgan fingerprint density at radius 2 is 1.93 bits per heavy atom. The average molecular weight is 399 g/mol. The number of nitrogens with one attached hydrogen (secondary N) is 1. The van der Waals surface area contributed by atoms with Gasteiger partial charge in [0.15, 0.2) is 0 Å². The summed E-state index contributed by atoms with van der Waals surface area (Å²) in [5, 5.41) is 4.29. The van der Waals surface area contributed by atoms with Crippen molar-refractivity contribution in [3.63, 3.8) is 0 Å². The standard InChI is InChI=1S/C21H26N4O2S/c1-6-25(7-2)15-9-10-16(13(4)11-15)24-19-17-14(5)18(21(26)27-8-3)28-20(17)23-12-22-19/h9-12H,6-8H2,1-5H3,(H,22,23,24). The Hall–Kier alpha value is -2.67. The third kappa shape index (κ3) is 3.80. The Labute approximate surface area is 169 Å². The van der Waals surface area contributed by atoms with Gasteiger partial charge in [-0.2, -0.15) is 0 Å². The van der Waals surface area contributed by atoms with Crippen molar-refractivity contribution in [1.82, 2.24) is 9.97 Å². The number of carbonyl (C=O) groups excluding carboxylic acids is 1.